The summed E-state index contributed by atoms with van der Waals surface area (Å²) in [7, 11) is -7.27. The molecule has 1 heterocycles. The van der Waals surface area contributed by atoms with Crippen LogP contribution in [0.1, 0.15) is 33.6 Å². The Kier molecular flexibility index (Phi) is 7.25. The van der Waals surface area contributed by atoms with Gasteiger partial charge in [0.05, 0.1) is 25.2 Å². The molecule has 0 spiro atoms. The number of hydrogen-bond acceptors (Lipinski definition) is 8. The van der Waals surface area contributed by atoms with E-state index in [0.717, 1.165) is 12.5 Å². The Balaban J connectivity index is 2.78. The predicted octanol–water partition coefficient (Wildman–Crippen LogP) is 0.955. The van der Waals surface area contributed by atoms with Gasteiger partial charge in [-0.05, 0) is 33.6 Å². The minimum Gasteiger partial charge on any atom is -0.444 e. The Bertz CT molecular complexity index is 665. The van der Waals surface area contributed by atoms with Crippen LogP contribution in [0, 0.1) is 5.92 Å². The Morgan fingerprint density at radius 2 is 1.72 bits per heavy atom. The molecule has 1 saturated heterocycles. The summed E-state index contributed by atoms with van der Waals surface area (Å²) in [5.41, 5.74) is -0.647. The largest absolute Gasteiger partial charge is 0.444 e. The molecule has 2 atom stereocenters. The first-order valence-corrected chi connectivity index (χ1v) is 11.5. The van der Waals surface area contributed by atoms with E-state index < -0.39 is 44.0 Å². The van der Waals surface area contributed by atoms with Crippen molar-refractivity contribution in [3.05, 3.63) is 0 Å². The van der Waals surface area contributed by atoms with Crippen molar-refractivity contribution >= 4 is 26.3 Å². The van der Waals surface area contributed by atoms with Crippen LogP contribution in [0.15, 0.2) is 0 Å². The maximum Gasteiger partial charge on any atom is 0.410 e. The van der Waals surface area contributed by atoms with Crippen LogP contribution in [0.3, 0.4) is 0 Å². The number of rotatable bonds is 6. The summed E-state index contributed by atoms with van der Waals surface area (Å²) < 4.78 is 60.1. The molecular weight excluding hydrogens is 374 g/mol. The zero-order chi connectivity index (χ0) is 19.5. The topological polar surface area (TPSA) is 116 Å². The van der Waals surface area contributed by atoms with Gasteiger partial charge in [-0.25, -0.2) is 4.79 Å². The van der Waals surface area contributed by atoms with E-state index in [4.69, 9.17) is 13.1 Å². The van der Waals surface area contributed by atoms with E-state index in [9.17, 15) is 21.6 Å². The third-order valence-electron chi connectivity index (χ3n) is 3.40. The molecule has 0 aromatic carbocycles. The van der Waals surface area contributed by atoms with Crippen molar-refractivity contribution in [3.63, 3.8) is 0 Å². The molecule has 0 N–H and O–H groups in total. The zero-order valence-corrected chi connectivity index (χ0v) is 16.9. The minimum absolute atomic E-state index is 0.116. The van der Waals surface area contributed by atoms with E-state index >= 15 is 0 Å². The molecule has 0 aromatic rings. The minimum atomic E-state index is -3.67. The molecule has 1 aliphatic heterocycles. The van der Waals surface area contributed by atoms with Gasteiger partial charge in [-0.15, -0.1) is 0 Å². The van der Waals surface area contributed by atoms with Crippen LogP contribution in [0.4, 0.5) is 4.79 Å². The van der Waals surface area contributed by atoms with Crippen molar-refractivity contribution in [1.29, 1.82) is 0 Å². The van der Waals surface area contributed by atoms with Crippen LogP contribution in [0.5, 0.6) is 0 Å². The third kappa shape index (κ3) is 9.38. The van der Waals surface area contributed by atoms with E-state index in [-0.39, 0.29) is 19.6 Å². The normalized spacial score (nSPS) is 22.7. The second kappa shape index (κ2) is 8.19. The third-order valence-corrected chi connectivity index (χ3v) is 4.59. The molecule has 25 heavy (non-hydrogen) atoms. The van der Waals surface area contributed by atoms with Gasteiger partial charge in [0.1, 0.15) is 5.60 Å². The van der Waals surface area contributed by atoms with Crippen LogP contribution in [0.2, 0.25) is 0 Å². The van der Waals surface area contributed by atoms with Crippen LogP contribution < -0.4 is 0 Å². The molecule has 1 amide bonds. The molecule has 0 bridgehead atoms. The Morgan fingerprint density at radius 1 is 1.12 bits per heavy atom. The number of amides is 1. The lowest BCUT2D eigenvalue weighted by atomic mass is 9.92. The fraction of sp³-hybridized carbons (Fsp3) is 0.929. The fourth-order valence-electron chi connectivity index (χ4n) is 2.48. The van der Waals surface area contributed by atoms with Crippen LogP contribution in [-0.2, 0) is 33.3 Å². The zero-order valence-electron chi connectivity index (χ0n) is 15.2. The molecule has 9 nitrogen and oxygen atoms in total. The van der Waals surface area contributed by atoms with Crippen LogP contribution in [0.25, 0.3) is 0 Å². The van der Waals surface area contributed by atoms with E-state index in [1.165, 1.54) is 4.90 Å². The Hall–Kier alpha value is -0.910. The fourth-order valence-corrected chi connectivity index (χ4v) is 3.58. The number of ether oxygens (including phenoxy) is 1. The summed E-state index contributed by atoms with van der Waals surface area (Å²) in [4.78, 5) is 13.7. The average Bonchev–Trinajstić information content (AvgIpc) is 2.35. The lowest BCUT2D eigenvalue weighted by Crippen LogP contribution is -2.49. The van der Waals surface area contributed by atoms with Crippen LogP contribution >= 0.6 is 0 Å². The first-order valence-electron chi connectivity index (χ1n) is 7.87. The summed E-state index contributed by atoms with van der Waals surface area (Å²) in [6, 6.07) is 0. The molecule has 1 rings (SSSR count). The van der Waals surface area contributed by atoms with Crippen molar-refractivity contribution < 1.29 is 34.7 Å². The molecule has 0 aliphatic carbocycles. The smallest absolute Gasteiger partial charge is 0.410 e. The van der Waals surface area contributed by atoms with Gasteiger partial charge in [-0.2, -0.15) is 16.8 Å². The van der Waals surface area contributed by atoms with Gasteiger partial charge in [0.15, 0.2) is 0 Å². The number of likely N-dealkylation sites (tertiary alicyclic amines) is 1. The lowest BCUT2D eigenvalue weighted by Gasteiger charge is -2.38. The van der Waals surface area contributed by atoms with Gasteiger partial charge in [0.2, 0.25) is 0 Å². The van der Waals surface area contributed by atoms with E-state index in [1.807, 2.05) is 0 Å². The van der Waals surface area contributed by atoms with Gasteiger partial charge >= 0.3 is 6.09 Å². The Labute approximate surface area is 149 Å². The molecular formula is C14H27NO8S2. The summed E-state index contributed by atoms with van der Waals surface area (Å²) in [6.07, 6.45) is 1.28. The number of hydrogen-bond donors (Lipinski definition) is 0. The monoisotopic (exact) mass is 401 g/mol. The summed E-state index contributed by atoms with van der Waals surface area (Å²) in [5, 5.41) is 0. The van der Waals surface area contributed by atoms with Gasteiger partial charge in [0.25, 0.3) is 20.2 Å². The highest BCUT2D eigenvalue weighted by atomic mass is 32.2. The highest BCUT2D eigenvalue weighted by Gasteiger charge is 2.35. The predicted molar refractivity (Wildman–Crippen MR) is 91.0 cm³/mol. The molecule has 0 radical (unpaired) electrons. The molecule has 0 saturated carbocycles. The molecule has 1 fully saturated rings. The van der Waals surface area contributed by atoms with Crippen molar-refractivity contribution in [1.82, 2.24) is 4.90 Å². The highest BCUT2D eigenvalue weighted by molar-refractivity contribution is 7.86. The molecule has 11 heteroatoms. The second-order valence-corrected chi connectivity index (χ2v) is 10.4. The quantitative estimate of drug-likeness (QED) is 0.604. The van der Waals surface area contributed by atoms with Gasteiger partial charge < -0.3 is 9.64 Å². The van der Waals surface area contributed by atoms with E-state index in [0.29, 0.717) is 13.0 Å². The second-order valence-electron chi connectivity index (χ2n) is 7.13. The summed E-state index contributed by atoms with van der Waals surface area (Å²) >= 11 is 0. The molecule has 0 aromatic heterocycles. The first kappa shape index (κ1) is 22.1. The van der Waals surface area contributed by atoms with Gasteiger partial charge in [-0.3, -0.25) is 8.37 Å². The summed E-state index contributed by atoms with van der Waals surface area (Å²) in [6.45, 7) is 5.63. The standard InChI is InChI=1S/C14H27NO8S2/c1-14(2,3)22-13(16)15-8-6-12(23-25(5,19)20)11(10-15)7-9-21-24(4,17)18/h11-12H,6-10H2,1-5H3. The van der Waals surface area contributed by atoms with Crippen molar-refractivity contribution in [3.8, 4) is 0 Å². The SMILES string of the molecule is CC(C)(C)OC(=O)N1CCC(OS(C)(=O)=O)C(CCOS(C)(=O)=O)C1. The first-order chi connectivity index (χ1) is 11.2. The molecule has 1 aliphatic rings. The van der Waals surface area contributed by atoms with Crippen LogP contribution in [-0.4, -0.2) is 71.7 Å². The van der Waals surface area contributed by atoms with E-state index in [2.05, 4.69) is 0 Å². The Morgan fingerprint density at radius 3 is 2.20 bits per heavy atom. The van der Waals surface area contributed by atoms with Crippen molar-refractivity contribution in [2.45, 2.75) is 45.3 Å². The maximum atomic E-state index is 12.2. The number of carbonyl (C=O) groups excluding carboxylic acids is 1. The number of piperidine rings is 1. The van der Waals surface area contributed by atoms with Crippen molar-refractivity contribution in [2.75, 3.05) is 32.2 Å². The van der Waals surface area contributed by atoms with Gasteiger partial charge in [0, 0.05) is 19.0 Å². The number of nitrogens with zero attached hydrogens (tertiary/aromatic N) is 1. The number of carbonyl (C=O) groups is 1. The van der Waals surface area contributed by atoms with E-state index in [1.54, 1.807) is 20.8 Å². The average molecular weight is 402 g/mol. The molecule has 2 unspecified atom stereocenters. The maximum absolute atomic E-state index is 12.2. The van der Waals surface area contributed by atoms with Gasteiger partial charge in [-0.1, -0.05) is 0 Å². The summed E-state index contributed by atoms with van der Waals surface area (Å²) in [5.74, 6) is -0.391. The molecule has 148 valence electrons. The highest BCUT2D eigenvalue weighted by Crippen LogP contribution is 2.26. The van der Waals surface area contributed by atoms with Crippen molar-refractivity contribution in [2.24, 2.45) is 5.92 Å². The lowest BCUT2D eigenvalue weighted by molar-refractivity contribution is -0.00418.